The van der Waals surface area contributed by atoms with Gasteiger partial charge < -0.3 is 9.80 Å². The van der Waals surface area contributed by atoms with E-state index in [1.807, 2.05) is 42.1 Å². The second-order valence-electron chi connectivity index (χ2n) is 6.02. The van der Waals surface area contributed by atoms with Crippen LogP contribution in [0.4, 0.5) is 5.69 Å². The number of rotatable bonds is 4. The lowest BCUT2D eigenvalue weighted by Gasteiger charge is -2.35. The van der Waals surface area contributed by atoms with E-state index in [1.165, 1.54) is 0 Å². The Labute approximate surface area is 136 Å². The van der Waals surface area contributed by atoms with Crippen LogP contribution in [0, 0.1) is 0 Å². The summed E-state index contributed by atoms with van der Waals surface area (Å²) in [6.07, 6.45) is 5.21. The van der Waals surface area contributed by atoms with Crippen LogP contribution in [0.1, 0.15) is 18.3 Å². The Morgan fingerprint density at radius 1 is 1.22 bits per heavy atom. The monoisotopic (exact) mass is 316 g/mol. The first kappa shape index (κ1) is 15.6. The largest absolute Gasteiger partial charge is 0.365 e. The summed E-state index contributed by atoms with van der Waals surface area (Å²) >= 11 is 0. The van der Waals surface area contributed by atoms with Gasteiger partial charge in [0.2, 0.25) is 5.91 Å². The summed E-state index contributed by atoms with van der Waals surface area (Å²) in [6, 6.07) is 2.03. The third-order valence-electron chi connectivity index (χ3n) is 4.41. The normalized spacial score (nSPS) is 15.3. The highest BCUT2D eigenvalue weighted by Gasteiger charge is 2.22. The van der Waals surface area contributed by atoms with E-state index in [1.54, 1.807) is 4.68 Å². The Hall–Kier alpha value is -2.31. The summed E-state index contributed by atoms with van der Waals surface area (Å²) < 4.78 is 3.63. The van der Waals surface area contributed by atoms with Gasteiger partial charge in [0.1, 0.15) is 0 Å². The summed E-state index contributed by atoms with van der Waals surface area (Å²) in [6.45, 7) is 5.29. The number of amides is 1. The van der Waals surface area contributed by atoms with E-state index in [0.717, 1.165) is 49.7 Å². The van der Waals surface area contributed by atoms with Crippen LogP contribution in [0.2, 0.25) is 0 Å². The molecular weight excluding hydrogens is 292 g/mol. The number of hydrogen-bond acceptors (Lipinski definition) is 4. The summed E-state index contributed by atoms with van der Waals surface area (Å²) in [4.78, 5) is 16.7. The van der Waals surface area contributed by atoms with Crippen LogP contribution in [-0.2, 0) is 31.7 Å². The van der Waals surface area contributed by atoms with Gasteiger partial charge in [-0.15, -0.1) is 0 Å². The molecule has 7 heteroatoms. The van der Waals surface area contributed by atoms with Crippen molar-refractivity contribution in [3.8, 4) is 0 Å². The van der Waals surface area contributed by atoms with Crippen LogP contribution in [0.5, 0.6) is 0 Å². The fourth-order valence-electron chi connectivity index (χ4n) is 2.96. The van der Waals surface area contributed by atoms with Gasteiger partial charge in [0.25, 0.3) is 0 Å². The third kappa shape index (κ3) is 3.38. The van der Waals surface area contributed by atoms with Crippen LogP contribution in [-0.4, -0.2) is 56.5 Å². The molecule has 23 heavy (non-hydrogen) atoms. The number of aryl methyl sites for hydroxylation is 3. The first-order chi connectivity index (χ1) is 11.1. The number of nitrogens with zero attached hydrogens (tertiary/aromatic N) is 6. The standard InChI is InChI=1S/C16H24N6O/c1-4-13-9-14(20(3)18-13)10-16(23)22-7-5-21(6-8-22)15-11-17-19(2)12-15/h9,11-12H,4-8,10H2,1-3H3. The van der Waals surface area contributed by atoms with Crippen molar-refractivity contribution in [3.63, 3.8) is 0 Å². The van der Waals surface area contributed by atoms with Gasteiger partial charge in [0.05, 0.1) is 24.0 Å². The SMILES string of the molecule is CCc1cc(CC(=O)N2CCN(c3cnn(C)c3)CC2)n(C)n1. The Kier molecular flexibility index (Phi) is 4.36. The summed E-state index contributed by atoms with van der Waals surface area (Å²) in [5.74, 6) is 0.182. The van der Waals surface area contributed by atoms with Crippen molar-refractivity contribution in [2.75, 3.05) is 31.1 Å². The van der Waals surface area contributed by atoms with Gasteiger partial charge in [-0.05, 0) is 12.5 Å². The molecule has 0 spiro atoms. The number of aromatic nitrogens is 4. The molecule has 3 rings (SSSR count). The van der Waals surface area contributed by atoms with E-state index in [2.05, 4.69) is 22.0 Å². The van der Waals surface area contributed by atoms with E-state index in [-0.39, 0.29) is 5.91 Å². The highest BCUT2D eigenvalue weighted by Crippen LogP contribution is 2.15. The number of carbonyl (C=O) groups is 1. The second kappa shape index (κ2) is 6.44. The fourth-order valence-corrected chi connectivity index (χ4v) is 2.96. The zero-order valence-electron chi connectivity index (χ0n) is 14.1. The molecule has 2 aromatic rings. The smallest absolute Gasteiger partial charge is 0.228 e. The average Bonchev–Trinajstić information content (AvgIpc) is 3.14. The fraction of sp³-hybridized carbons (Fsp3) is 0.562. The Morgan fingerprint density at radius 3 is 2.52 bits per heavy atom. The summed E-state index contributed by atoms with van der Waals surface area (Å²) in [7, 11) is 3.82. The summed E-state index contributed by atoms with van der Waals surface area (Å²) in [5.41, 5.74) is 3.15. The van der Waals surface area contributed by atoms with Gasteiger partial charge in [-0.25, -0.2) is 0 Å². The van der Waals surface area contributed by atoms with Gasteiger partial charge in [-0.2, -0.15) is 10.2 Å². The molecule has 1 fully saturated rings. The zero-order valence-corrected chi connectivity index (χ0v) is 14.1. The quantitative estimate of drug-likeness (QED) is 0.829. The first-order valence-electron chi connectivity index (χ1n) is 8.10. The topological polar surface area (TPSA) is 59.2 Å². The van der Waals surface area contributed by atoms with Crippen LogP contribution < -0.4 is 4.90 Å². The first-order valence-corrected chi connectivity index (χ1v) is 8.10. The number of carbonyl (C=O) groups excluding carboxylic acids is 1. The maximum absolute atomic E-state index is 12.5. The van der Waals surface area contributed by atoms with Crippen molar-refractivity contribution in [1.82, 2.24) is 24.5 Å². The Morgan fingerprint density at radius 2 is 1.96 bits per heavy atom. The van der Waals surface area contributed by atoms with Crippen LogP contribution >= 0.6 is 0 Å². The number of hydrogen-bond donors (Lipinski definition) is 0. The van der Waals surface area contributed by atoms with E-state index in [9.17, 15) is 4.79 Å². The molecule has 1 saturated heterocycles. The summed E-state index contributed by atoms with van der Waals surface area (Å²) in [5, 5.41) is 8.62. The molecule has 0 atom stereocenters. The van der Waals surface area contributed by atoms with Crippen molar-refractivity contribution in [3.05, 3.63) is 29.8 Å². The number of anilines is 1. The van der Waals surface area contributed by atoms with Crippen molar-refractivity contribution in [2.45, 2.75) is 19.8 Å². The van der Waals surface area contributed by atoms with Gasteiger partial charge in [0.15, 0.2) is 0 Å². The van der Waals surface area contributed by atoms with E-state index in [0.29, 0.717) is 6.42 Å². The van der Waals surface area contributed by atoms with Crippen molar-refractivity contribution in [2.24, 2.45) is 14.1 Å². The lowest BCUT2D eigenvalue weighted by Crippen LogP contribution is -2.49. The minimum Gasteiger partial charge on any atom is -0.365 e. The molecule has 0 bridgehead atoms. The molecule has 1 aliphatic rings. The molecular formula is C16H24N6O. The van der Waals surface area contributed by atoms with Gasteiger partial charge in [-0.3, -0.25) is 14.2 Å². The molecule has 0 aromatic carbocycles. The predicted molar refractivity (Wildman–Crippen MR) is 88.3 cm³/mol. The highest BCUT2D eigenvalue weighted by molar-refractivity contribution is 5.78. The highest BCUT2D eigenvalue weighted by atomic mass is 16.2. The van der Waals surface area contributed by atoms with Crippen LogP contribution in [0.15, 0.2) is 18.5 Å². The molecule has 7 nitrogen and oxygen atoms in total. The van der Waals surface area contributed by atoms with Crippen molar-refractivity contribution in [1.29, 1.82) is 0 Å². The van der Waals surface area contributed by atoms with E-state index in [4.69, 9.17) is 0 Å². The molecule has 0 unspecified atom stereocenters. The van der Waals surface area contributed by atoms with Crippen molar-refractivity contribution >= 4 is 11.6 Å². The Balaban J connectivity index is 1.56. The third-order valence-corrected chi connectivity index (χ3v) is 4.41. The molecule has 124 valence electrons. The molecule has 1 amide bonds. The molecule has 0 aliphatic carbocycles. The maximum Gasteiger partial charge on any atom is 0.228 e. The zero-order chi connectivity index (χ0) is 16.4. The Bertz CT molecular complexity index is 681. The van der Waals surface area contributed by atoms with Gasteiger partial charge >= 0.3 is 0 Å². The van der Waals surface area contributed by atoms with E-state index >= 15 is 0 Å². The lowest BCUT2D eigenvalue weighted by molar-refractivity contribution is -0.130. The average molecular weight is 316 g/mol. The molecule has 0 saturated carbocycles. The minimum absolute atomic E-state index is 0.182. The molecule has 3 heterocycles. The minimum atomic E-state index is 0.182. The van der Waals surface area contributed by atoms with Crippen molar-refractivity contribution < 1.29 is 4.79 Å². The van der Waals surface area contributed by atoms with Crippen LogP contribution in [0.25, 0.3) is 0 Å². The van der Waals surface area contributed by atoms with Gasteiger partial charge in [0, 0.05) is 52.2 Å². The second-order valence-corrected chi connectivity index (χ2v) is 6.02. The molecule has 0 N–H and O–H groups in total. The van der Waals surface area contributed by atoms with E-state index < -0.39 is 0 Å². The molecule has 0 radical (unpaired) electrons. The molecule has 2 aromatic heterocycles. The maximum atomic E-state index is 12.5. The lowest BCUT2D eigenvalue weighted by atomic mass is 10.2. The van der Waals surface area contributed by atoms with Gasteiger partial charge in [-0.1, -0.05) is 6.92 Å². The predicted octanol–water partition coefficient (Wildman–Crippen LogP) is 0.607. The number of piperazine rings is 1. The molecule has 1 aliphatic heterocycles. The van der Waals surface area contributed by atoms with Crippen LogP contribution in [0.3, 0.4) is 0 Å².